The molecule has 0 aliphatic carbocycles. The molecule has 0 atom stereocenters. The topological polar surface area (TPSA) is 34.0 Å². The lowest BCUT2D eigenvalue weighted by molar-refractivity contribution is -0.117. The van der Waals surface area contributed by atoms with Crippen molar-refractivity contribution in [3.8, 4) is 22.4 Å². The number of unbranched alkanes of at least 4 members (excludes halogenated alkanes) is 1. The zero-order chi connectivity index (χ0) is 19.3. The Morgan fingerprint density at radius 2 is 1.43 bits per heavy atom. The summed E-state index contributed by atoms with van der Waals surface area (Å²) in [5.41, 5.74) is 8.52. The van der Waals surface area contributed by atoms with Gasteiger partial charge in [0.1, 0.15) is 0 Å². The minimum Gasteiger partial charge on any atom is -0.273 e. The molecule has 0 spiro atoms. The fraction of sp³-hybridized carbons (Fsp3) is 0.160. The van der Waals surface area contributed by atoms with E-state index in [2.05, 4.69) is 60.9 Å². The van der Waals surface area contributed by atoms with Gasteiger partial charge in [0.25, 0.3) is 0 Å². The number of hydrogen-bond donors (Lipinski definition) is 1. The molecule has 1 heterocycles. The van der Waals surface area contributed by atoms with Crippen molar-refractivity contribution in [1.29, 1.82) is 0 Å². The maximum atomic E-state index is 12.6. The van der Waals surface area contributed by atoms with Crippen LogP contribution in [-0.4, -0.2) is 10.6 Å². The maximum absolute atomic E-state index is 12.6. The first kappa shape index (κ1) is 18.1. The lowest BCUT2D eigenvalue weighted by Gasteiger charge is -2.14. The Kier molecular flexibility index (Phi) is 5.24. The summed E-state index contributed by atoms with van der Waals surface area (Å²) < 4.78 is 1.96. The van der Waals surface area contributed by atoms with Gasteiger partial charge in [-0.05, 0) is 18.1 Å². The van der Waals surface area contributed by atoms with Crippen molar-refractivity contribution in [1.82, 2.24) is 4.68 Å². The third-order valence-corrected chi connectivity index (χ3v) is 4.98. The van der Waals surface area contributed by atoms with Crippen LogP contribution in [0.4, 0.5) is 0 Å². The normalized spacial score (nSPS) is 10.9. The van der Waals surface area contributed by atoms with E-state index in [9.17, 15) is 4.79 Å². The number of fused-ring (bicyclic) bond motifs is 1. The van der Waals surface area contributed by atoms with Gasteiger partial charge in [-0.2, -0.15) is 0 Å². The van der Waals surface area contributed by atoms with Gasteiger partial charge in [0.15, 0.2) is 0 Å². The number of para-hydroxylation sites is 1. The molecule has 0 radical (unpaired) electrons. The Labute approximate surface area is 165 Å². The molecule has 140 valence electrons. The number of carbonyl (C=O) groups excluding carboxylic acids is 1. The number of aromatic nitrogens is 1. The summed E-state index contributed by atoms with van der Waals surface area (Å²) in [5, 5.41) is 1.13. The van der Waals surface area contributed by atoms with Gasteiger partial charge in [-0.25, -0.2) is 0 Å². The first-order valence-corrected chi connectivity index (χ1v) is 9.83. The van der Waals surface area contributed by atoms with Crippen LogP contribution >= 0.6 is 0 Å². The largest absolute Gasteiger partial charge is 0.273 e. The molecule has 0 aliphatic heterocycles. The van der Waals surface area contributed by atoms with Crippen molar-refractivity contribution < 1.29 is 4.79 Å². The van der Waals surface area contributed by atoms with Gasteiger partial charge in [0, 0.05) is 22.9 Å². The van der Waals surface area contributed by atoms with Crippen molar-refractivity contribution in [3.63, 3.8) is 0 Å². The number of hydrogen-bond acceptors (Lipinski definition) is 1. The molecule has 0 aliphatic rings. The Morgan fingerprint density at radius 1 is 0.821 bits per heavy atom. The van der Waals surface area contributed by atoms with Gasteiger partial charge in [0.2, 0.25) is 5.91 Å². The highest BCUT2D eigenvalue weighted by Crippen LogP contribution is 2.40. The molecule has 0 unspecified atom stereocenters. The number of nitrogens with zero attached hydrogens (tertiary/aromatic N) is 1. The highest BCUT2D eigenvalue weighted by molar-refractivity contribution is 6.05. The fourth-order valence-corrected chi connectivity index (χ4v) is 3.64. The predicted molar refractivity (Wildman–Crippen MR) is 117 cm³/mol. The number of carbonyl (C=O) groups is 1. The van der Waals surface area contributed by atoms with E-state index in [0.717, 1.165) is 46.1 Å². The number of benzene rings is 3. The van der Waals surface area contributed by atoms with Crippen LogP contribution in [0.2, 0.25) is 0 Å². The smallest absolute Gasteiger partial charge is 0.238 e. The second kappa shape index (κ2) is 8.13. The fourth-order valence-electron chi connectivity index (χ4n) is 3.64. The van der Waals surface area contributed by atoms with E-state index >= 15 is 0 Å². The van der Waals surface area contributed by atoms with E-state index in [1.165, 1.54) is 0 Å². The summed E-state index contributed by atoms with van der Waals surface area (Å²) in [5.74, 6) is 0.0411. The summed E-state index contributed by atoms with van der Waals surface area (Å²) in [4.78, 5) is 12.6. The predicted octanol–water partition coefficient (Wildman–Crippen LogP) is 6.24. The highest BCUT2D eigenvalue weighted by Gasteiger charge is 2.20. The second-order valence-electron chi connectivity index (χ2n) is 6.95. The number of nitrogens with one attached hydrogen (secondary N) is 1. The Balaban J connectivity index is 1.98. The third-order valence-electron chi connectivity index (χ3n) is 4.98. The summed E-state index contributed by atoms with van der Waals surface area (Å²) in [6, 6.07) is 28.9. The van der Waals surface area contributed by atoms with Crippen molar-refractivity contribution >= 4 is 16.8 Å². The molecule has 0 saturated heterocycles. The molecule has 4 aromatic rings. The van der Waals surface area contributed by atoms with Gasteiger partial charge < -0.3 is 0 Å². The van der Waals surface area contributed by atoms with E-state index in [0.29, 0.717) is 6.42 Å². The van der Waals surface area contributed by atoms with Gasteiger partial charge in [-0.1, -0.05) is 92.2 Å². The molecule has 0 saturated carbocycles. The summed E-state index contributed by atoms with van der Waals surface area (Å²) >= 11 is 0. The molecule has 1 aromatic heterocycles. The van der Waals surface area contributed by atoms with Crippen LogP contribution in [0.5, 0.6) is 0 Å². The molecular formula is C25H24N2O. The van der Waals surface area contributed by atoms with Crippen LogP contribution in [0.3, 0.4) is 0 Å². The first-order valence-electron chi connectivity index (χ1n) is 9.83. The molecule has 3 heteroatoms. The van der Waals surface area contributed by atoms with Crippen LogP contribution < -0.4 is 5.43 Å². The molecule has 1 N–H and O–H groups in total. The molecule has 0 bridgehead atoms. The monoisotopic (exact) mass is 368 g/mol. The minimum atomic E-state index is 0.0411. The van der Waals surface area contributed by atoms with Gasteiger partial charge in [-0.3, -0.25) is 14.9 Å². The number of rotatable bonds is 6. The molecule has 28 heavy (non-hydrogen) atoms. The Morgan fingerprint density at radius 3 is 2.11 bits per heavy atom. The van der Waals surface area contributed by atoms with Crippen LogP contribution in [0.1, 0.15) is 26.2 Å². The summed E-state index contributed by atoms with van der Waals surface area (Å²) in [6.07, 6.45) is 2.41. The van der Waals surface area contributed by atoms with Crippen molar-refractivity contribution in [2.75, 3.05) is 5.43 Å². The molecule has 3 nitrogen and oxygen atoms in total. The zero-order valence-corrected chi connectivity index (χ0v) is 16.1. The van der Waals surface area contributed by atoms with Gasteiger partial charge in [0.05, 0.1) is 11.2 Å². The average Bonchev–Trinajstić information content (AvgIpc) is 3.07. The lowest BCUT2D eigenvalue weighted by atomic mass is 9.98. The average molecular weight is 368 g/mol. The molecule has 3 aromatic carbocycles. The number of amides is 1. The minimum absolute atomic E-state index is 0.0411. The van der Waals surface area contributed by atoms with Crippen LogP contribution in [0.25, 0.3) is 33.3 Å². The van der Waals surface area contributed by atoms with E-state index in [-0.39, 0.29) is 5.91 Å². The van der Waals surface area contributed by atoms with Gasteiger partial charge in [-0.15, -0.1) is 0 Å². The summed E-state index contributed by atoms with van der Waals surface area (Å²) in [6.45, 7) is 2.10. The SMILES string of the molecule is CCCCC(=O)Nn1c(-c2ccccc2)c(-c2ccccc2)c2ccccc21. The van der Waals surface area contributed by atoms with Crippen molar-refractivity contribution in [2.45, 2.75) is 26.2 Å². The molecule has 0 fully saturated rings. The van der Waals surface area contributed by atoms with Crippen LogP contribution in [0, 0.1) is 0 Å². The zero-order valence-electron chi connectivity index (χ0n) is 16.1. The molecule has 1 amide bonds. The highest BCUT2D eigenvalue weighted by atomic mass is 16.2. The van der Waals surface area contributed by atoms with Crippen molar-refractivity contribution in [2.24, 2.45) is 0 Å². The summed E-state index contributed by atoms with van der Waals surface area (Å²) in [7, 11) is 0. The third kappa shape index (κ3) is 3.44. The van der Waals surface area contributed by atoms with E-state index in [1.807, 2.05) is 41.1 Å². The first-order chi connectivity index (χ1) is 13.8. The van der Waals surface area contributed by atoms with E-state index < -0.39 is 0 Å². The molecule has 4 rings (SSSR count). The Hall–Kier alpha value is -3.33. The van der Waals surface area contributed by atoms with E-state index in [4.69, 9.17) is 0 Å². The van der Waals surface area contributed by atoms with E-state index in [1.54, 1.807) is 0 Å². The van der Waals surface area contributed by atoms with Crippen LogP contribution in [0.15, 0.2) is 84.9 Å². The van der Waals surface area contributed by atoms with Gasteiger partial charge >= 0.3 is 0 Å². The van der Waals surface area contributed by atoms with Crippen molar-refractivity contribution in [3.05, 3.63) is 84.9 Å². The second-order valence-corrected chi connectivity index (χ2v) is 6.95. The molecular weight excluding hydrogens is 344 g/mol. The standard InChI is InChI=1S/C25H24N2O/c1-2-3-18-23(28)26-27-22-17-11-10-16-21(22)24(19-12-6-4-7-13-19)25(27)20-14-8-5-9-15-20/h4-17H,2-3,18H2,1H3,(H,26,28). The lowest BCUT2D eigenvalue weighted by Crippen LogP contribution is -2.23. The Bertz CT molecular complexity index is 1080. The maximum Gasteiger partial charge on any atom is 0.238 e. The van der Waals surface area contributed by atoms with Crippen LogP contribution in [-0.2, 0) is 4.79 Å². The quantitative estimate of drug-likeness (QED) is 0.430.